The maximum atomic E-state index is 5.86. The number of nitrogens with one attached hydrogen (secondary N) is 1. The van der Waals surface area contributed by atoms with Crippen molar-refractivity contribution < 1.29 is 4.74 Å². The highest BCUT2D eigenvalue weighted by molar-refractivity contribution is 6.30. The van der Waals surface area contributed by atoms with E-state index in [4.69, 9.17) is 16.3 Å². The molecule has 2 nitrogen and oxygen atoms in total. The van der Waals surface area contributed by atoms with E-state index in [1.54, 1.807) is 0 Å². The van der Waals surface area contributed by atoms with Crippen molar-refractivity contribution in [3.8, 4) is 11.5 Å². The first kappa shape index (κ1) is 12.5. The van der Waals surface area contributed by atoms with Gasteiger partial charge in [-0.05, 0) is 61.3 Å². The summed E-state index contributed by atoms with van der Waals surface area (Å²) in [5.41, 5.74) is 1.30. The Balaban J connectivity index is 1.77. The van der Waals surface area contributed by atoms with Gasteiger partial charge in [-0.1, -0.05) is 23.7 Å². The van der Waals surface area contributed by atoms with Gasteiger partial charge in [0.2, 0.25) is 0 Å². The average molecular weight is 274 g/mol. The third-order valence-corrected chi connectivity index (χ3v) is 3.62. The third kappa shape index (κ3) is 3.09. The number of ether oxygens (including phenoxy) is 1. The minimum absolute atomic E-state index is 0.466. The lowest BCUT2D eigenvalue weighted by molar-refractivity contribution is 0.480. The first-order chi connectivity index (χ1) is 9.31. The fourth-order valence-corrected chi connectivity index (χ4v) is 2.53. The predicted molar refractivity (Wildman–Crippen MR) is 77.9 cm³/mol. The molecule has 1 unspecified atom stereocenters. The Morgan fingerprint density at radius 1 is 1.05 bits per heavy atom. The maximum Gasteiger partial charge on any atom is 0.127 e. The molecule has 1 N–H and O–H groups in total. The summed E-state index contributed by atoms with van der Waals surface area (Å²) in [5, 5.41) is 4.22. The summed E-state index contributed by atoms with van der Waals surface area (Å²) in [4.78, 5) is 0. The predicted octanol–water partition coefficient (Wildman–Crippen LogP) is 4.56. The van der Waals surface area contributed by atoms with E-state index in [0.29, 0.717) is 6.04 Å². The quantitative estimate of drug-likeness (QED) is 0.885. The number of hydrogen-bond donors (Lipinski definition) is 1. The van der Waals surface area contributed by atoms with Gasteiger partial charge in [0, 0.05) is 11.1 Å². The molecule has 0 spiro atoms. The van der Waals surface area contributed by atoms with Gasteiger partial charge in [-0.2, -0.15) is 0 Å². The number of halogens is 1. The second-order valence-electron chi connectivity index (χ2n) is 4.78. The molecule has 2 aromatic carbocycles. The Kier molecular flexibility index (Phi) is 3.72. The van der Waals surface area contributed by atoms with Crippen LogP contribution in [0.1, 0.15) is 24.4 Å². The molecule has 0 aliphatic carbocycles. The summed E-state index contributed by atoms with van der Waals surface area (Å²) in [7, 11) is 0. The highest BCUT2D eigenvalue weighted by atomic mass is 35.5. The third-order valence-electron chi connectivity index (χ3n) is 3.37. The van der Waals surface area contributed by atoms with E-state index in [-0.39, 0.29) is 0 Å². The molecule has 3 heteroatoms. The lowest BCUT2D eigenvalue weighted by atomic mass is 10.1. The van der Waals surface area contributed by atoms with Crippen LogP contribution in [0.15, 0.2) is 48.5 Å². The van der Waals surface area contributed by atoms with Gasteiger partial charge in [0.15, 0.2) is 0 Å². The van der Waals surface area contributed by atoms with Gasteiger partial charge in [-0.25, -0.2) is 0 Å². The normalized spacial score (nSPS) is 18.5. The van der Waals surface area contributed by atoms with Crippen LogP contribution in [0.25, 0.3) is 0 Å². The highest BCUT2D eigenvalue weighted by Gasteiger charge is 2.16. The summed E-state index contributed by atoms with van der Waals surface area (Å²) in [6, 6.07) is 16.2. The van der Waals surface area contributed by atoms with Crippen molar-refractivity contribution in [1.29, 1.82) is 0 Å². The minimum atomic E-state index is 0.466. The van der Waals surface area contributed by atoms with Crippen molar-refractivity contribution in [1.82, 2.24) is 5.32 Å². The van der Waals surface area contributed by atoms with E-state index in [9.17, 15) is 0 Å². The zero-order chi connectivity index (χ0) is 13.1. The molecule has 1 heterocycles. The molecule has 1 aliphatic rings. The van der Waals surface area contributed by atoms with Crippen molar-refractivity contribution >= 4 is 11.6 Å². The molecule has 19 heavy (non-hydrogen) atoms. The molecule has 0 amide bonds. The standard InChI is InChI=1S/C16H16ClNO/c17-13-6-8-14(9-7-13)19-15-4-1-3-12(11-15)16-5-2-10-18-16/h1,3-4,6-9,11,16,18H,2,5,10H2. The zero-order valence-electron chi connectivity index (χ0n) is 10.6. The van der Waals surface area contributed by atoms with Gasteiger partial charge in [-0.15, -0.1) is 0 Å². The van der Waals surface area contributed by atoms with Gasteiger partial charge >= 0.3 is 0 Å². The van der Waals surface area contributed by atoms with E-state index < -0.39 is 0 Å². The minimum Gasteiger partial charge on any atom is -0.457 e. The molecule has 0 radical (unpaired) electrons. The molecule has 2 aromatic rings. The lowest BCUT2D eigenvalue weighted by Gasteiger charge is -2.12. The van der Waals surface area contributed by atoms with Crippen LogP contribution in [-0.2, 0) is 0 Å². The summed E-state index contributed by atoms with van der Waals surface area (Å²) in [6.07, 6.45) is 2.44. The van der Waals surface area contributed by atoms with Crippen molar-refractivity contribution in [2.75, 3.05) is 6.54 Å². The first-order valence-corrected chi connectivity index (χ1v) is 6.96. The van der Waals surface area contributed by atoms with Gasteiger partial charge < -0.3 is 10.1 Å². The molecule has 1 aliphatic heterocycles. The van der Waals surface area contributed by atoms with E-state index in [0.717, 1.165) is 23.1 Å². The average Bonchev–Trinajstić information content (AvgIpc) is 2.96. The SMILES string of the molecule is Clc1ccc(Oc2cccc(C3CCCN3)c2)cc1. The van der Waals surface area contributed by atoms with E-state index in [1.807, 2.05) is 36.4 Å². The summed E-state index contributed by atoms with van der Waals surface area (Å²) in [6.45, 7) is 1.10. The van der Waals surface area contributed by atoms with Gasteiger partial charge in [0.25, 0.3) is 0 Å². The second kappa shape index (κ2) is 5.64. The van der Waals surface area contributed by atoms with Crippen LogP contribution in [0.3, 0.4) is 0 Å². The van der Waals surface area contributed by atoms with E-state index in [2.05, 4.69) is 17.4 Å². The molecule has 3 rings (SSSR count). The van der Waals surface area contributed by atoms with Crippen LogP contribution >= 0.6 is 11.6 Å². The van der Waals surface area contributed by atoms with Crippen molar-refractivity contribution in [3.63, 3.8) is 0 Å². The molecule has 98 valence electrons. The fourth-order valence-electron chi connectivity index (χ4n) is 2.40. The number of hydrogen-bond acceptors (Lipinski definition) is 2. The Morgan fingerprint density at radius 3 is 2.63 bits per heavy atom. The van der Waals surface area contributed by atoms with Crippen molar-refractivity contribution in [2.24, 2.45) is 0 Å². The van der Waals surface area contributed by atoms with Gasteiger partial charge in [0.05, 0.1) is 0 Å². The molecule has 1 fully saturated rings. The molecule has 0 saturated carbocycles. The monoisotopic (exact) mass is 273 g/mol. The maximum absolute atomic E-state index is 5.86. The van der Waals surface area contributed by atoms with Crippen LogP contribution in [-0.4, -0.2) is 6.54 Å². The molecule has 0 bridgehead atoms. The van der Waals surface area contributed by atoms with Crippen LogP contribution in [0, 0.1) is 0 Å². The smallest absolute Gasteiger partial charge is 0.127 e. The van der Waals surface area contributed by atoms with Gasteiger partial charge in [0.1, 0.15) is 11.5 Å². The number of rotatable bonds is 3. The first-order valence-electron chi connectivity index (χ1n) is 6.58. The Hall–Kier alpha value is -1.51. The lowest BCUT2D eigenvalue weighted by Crippen LogP contribution is -2.12. The van der Waals surface area contributed by atoms with Gasteiger partial charge in [-0.3, -0.25) is 0 Å². The topological polar surface area (TPSA) is 21.3 Å². The Morgan fingerprint density at radius 2 is 1.89 bits per heavy atom. The largest absolute Gasteiger partial charge is 0.457 e. The van der Waals surface area contributed by atoms with Crippen LogP contribution in [0.4, 0.5) is 0 Å². The summed E-state index contributed by atoms with van der Waals surface area (Å²) >= 11 is 5.86. The van der Waals surface area contributed by atoms with Crippen molar-refractivity contribution in [2.45, 2.75) is 18.9 Å². The second-order valence-corrected chi connectivity index (χ2v) is 5.21. The molecule has 1 atom stereocenters. The van der Waals surface area contributed by atoms with E-state index in [1.165, 1.54) is 18.4 Å². The zero-order valence-corrected chi connectivity index (χ0v) is 11.4. The Bertz CT molecular complexity index is 547. The van der Waals surface area contributed by atoms with E-state index >= 15 is 0 Å². The summed E-state index contributed by atoms with van der Waals surface area (Å²) in [5.74, 6) is 1.68. The van der Waals surface area contributed by atoms with Crippen molar-refractivity contribution in [3.05, 3.63) is 59.1 Å². The molecule has 0 aromatic heterocycles. The molecule has 1 saturated heterocycles. The molecular formula is C16H16ClNO. The molecular weight excluding hydrogens is 258 g/mol. The number of benzene rings is 2. The fraction of sp³-hybridized carbons (Fsp3) is 0.250. The summed E-state index contributed by atoms with van der Waals surface area (Å²) < 4.78 is 5.85. The van der Waals surface area contributed by atoms with Crippen LogP contribution in [0.2, 0.25) is 5.02 Å². The van der Waals surface area contributed by atoms with Crippen LogP contribution < -0.4 is 10.1 Å². The van der Waals surface area contributed by atoms with Crippen LogP contribution in [0.5, 0.6) is 11.5 Å². The Labute approximate surface area is 118 Å². The highest BCUT2D eigenvalue weighted by Crippen LogP contribution is 2.28.